The minimum Gasteiger partial charge on any atom is -0.508 e. The predicted octanol–water partition coefficient (Wildman–Crippen LogP) is 0.557. The number of hydrogen-bond acceptors (Lipinski definition) is 11. The lowest BCUT2D eigenvalue weighted by molar-refractivity contribution is -0.308. The number of carbonyl (C=O) groups is 2. The first kappa shape index (κ1) is 25.6. The highest BCUT2D eigenvalue weighted by Crippen LogP contribution is 2.51. The van der Waals surface area contributed by atoms with E-state index < -0.39 is 82.0 Å². The van der Waals surface area contributed by atoms with E-state index in [1.165, 1.54) is 24.3 Å². The van der Waals surface area contributed by atoms with Gasteiger partial charge in [0.25, 0.3) is 0 Å². The molecule has 0 bridgehead atoms. The van der Waals surface area contributed by atoms with Crippen LogP contribution < -0.4 is 0 Å². The van der Waals surface area contributed by atoms with Crippen LogP contribution in [0.2, 0.25) is 0 Å². The van der Waals surface area contributed by atoms with Gasteiger partial charge in [0.1, 0.15) is 47.3 Å². The Hall–Kier alpha value is -4.00. The zero-order chi connectivity index (χ0) is 27.5. The maximum absolute atomic E-state index is 13.3. The number of fused-ring (bicyclic) bond motifs is 2. The molecular weight excluding hydrogens is 500 g/mol. The second-order valence-electron chi connectivity index (χ2n) is 9.36. The molecule has 0 spiro atoms. The molecule has 1 heterocycles. The summed E-state index contributed by atoms with van der Waals surface area (Å²) in [7, 11) is 0. The van der Waals surface area contributed by atoms with E-state index in [4.69, 9.17) is 9.47 Å². The number of aliphatic hydroxyl groups is 4. The molecule has 1 aliphatic heterocycles. The molecule has 11 heteroatoms. The first-order valence-corrected chi connectivity index (χ1v) is 11.6. The minimum absolute atomic E-state index is 0.0912. The summed E-state index contributed by atoms with van der Waals surface area (Å²) in [6, 6.07) is 12.1. The molecule has 7 N–H and O–H groups in total. The monoisotopic (exact) mass is 524 g/mol. The fourth-order valence-corrected chi connectivity index (χ4v) is 5.07. The van der Waals surface area contributed by atoms with Crippen molar-refractivity contribution in [2.24, 2.45) is 0 Å². The lowest BCUT2D eigenvalue weighted by Gasteiger charge is -2.48. The SMILES string of the molecule is Cc1cc(O)c2c(c1)[C@@](O)([C@H]1O[C@H](OC(=O)c3ccccc3)[C@@H](O)[C@@H](O)[C@@H]1O)c1cc(O)cc(O)c1C2=O. The van der Waals surface area contributed by atoms with Gasteiger partial charge in [-0.15, -0.1) is 0 Å². The van der Waals surface area contributed by atoms with Crippen LogP contribution in [0, 0.1) is 6.92 Å². The van der Waals surface area contributed by atoms with Crippen LogP contribution in [-0.4, -0.2) is 78.2 Å². The van der Waals surface area contributed by atoms with Gasteiger partial charge in [-0.3, -0.25) is 4.79 Å². The number of ketones is 1. The summed E-state index contributed by atoms with van der Waals surface area (Å²) in [5.41, 5.74) is -3.72. The zero-order valence-corrected chi connectivity index (χ0v) is 19.8. The molecule has 1 aliphatic carbocycles. The summed E-state index contributed by atoms with van der Waals surface area (Å²) in [6.07, 6.45) is -9.83. The van der Waals surface area contributed by atoms with Crippen LogP contribution in [-0.2, 0) is 15.1 Å². The molecule has 6 atom stereocenters. The Bertz CT molecular complexity index is 1370. The maximum Gasteiger partial charge on any atom is 0.340 e. The van der Waals surface area contributed by atoms with Crippen LogP contribution >= 0.6 is 0 Å². The Morgan fingerprint density at radius 2 is 1.47 bits per heavy atom. The third-order valence-electron chi connectivity index (χ3n) is 6.85. The summed E-state index contributed by atoms with van der Waals surface area (Å²) < 4.78 is 11.0. The van der Waals surface area contributed by atoms with Gasteiger partial charge in [0.15, 0.2) is 0 Å². The summed E-state index contributed by atoms with van der Waals surface area (Å²) in [6.45, 7) is 1.56. The van der Waals surface area contributed by atoms with Crippen LogP contribution in [0.1, 0.15) is 43.0 Å². The van der Waals surface area contributed by atoms with Crippen molar-refractivity contribution < 1.29 is 54.8 Å². The van der Waals surface area contributed by atoms with E-state index >= 15 is 0 Å². The maximum atomic E-state index is 13.3. The van der Waals surface area contributed by atoms with E-state index in [1.54, 1.807) is 25.1 Å². The molecule has 2 aliphatic rings. The number of phenols is 3. The molecule has 3 aromatic carbocycles. The first-order chi connectivity index (χ1) is 17.9. The molecule has 1 saturated heterocycles. The van der Waals surface area contributed by atoms with Gasteiger partial charge in [0, 0.05) is 17.2 Å². The first-order valence-electron chi connectivity index (χ1n) is 11.6. The van der Waals surface area contributed by atoms with Gasteiger partial charge in [-0.2, -0.15) is 0 Å². The van der Waals surface area contributed by atoms with E-state index in [9.17, 15) is 45.3 Å². The zero-order valence-electron chi connectivity index (χ0n) is 19.8. The third kappa shape index (κ3) is 3.80. The van der Waals surface area contributed by atoms with Gasteiger partial charge in [0.05, 0.1) is 16.7 Å². The molecule has 1 fully saturated rings. The van der Waals surface area contributed by atoms with Gasteiger partial charge in [-0.05, 0) is 36.8 Å². The number of esters is 1. The molecular formula is C27H24O11. The topological polar surface area (TPSA) is 194 Å². The van der Waals surface area contributed by atoms with Crippen LogP contribution in [0.25, 0.3) is 0 Å². The lowest BCUT2D eigenvalue weighted by atomic mass is 9.68. The van der Waals surface area contributed by atoms with Gasteiger partial charge < -0.3 is 45.2 Å². The van der Waals surface area contributed by atoms with E-state index in [-0.39, 0.29) is 11.1 Å². The number of rotatable bonds is 3. The highest BCUT2D eigenvalue weighted by atomic mass is 16.7. The van der Waals surface area contributed by atoms with Crippen molar-refractivity contribution in [3.63, 3.8) is 0 Å². The van der Waals surface area contributed by atoms with Crippen LogP contribution in [0.4, 0.5) is 0 Å². The number of benzene rings is 3. The predicted molar refractivity (Wildman–Crippen MR) is 128 cm³/mol. The van der Waals surface area contributed by atoms with E-state index in [1.807, 2.05) is 0 Å². The summed E-state index contributed by atoms with van der Waals surface area (Å²) in [4.78, 5) is 26.0. The van der Waals surface area contributed by atoms with Gasteiger partial charge in [-0.25, -0.2) is 4.79 Å². The van der Waals surface area contributed by atoms with Crippen LogP contribution in [0.5, 0.6) is 17.2 Å². The van der Waals surface area contributed by atoms with E-state index in [0.29, 0.717) is 5.56 Å². The molecule has 38 heavy (non-hydrogen) atoms. The molecule has 198 valence electrons. The van der Waals surface area contributed by atoms with Crippen molar-refractivity contribution in [2.75, 3.05) is 0 Å². The highest BCUT2D eigenvalue weighted by molar-refractivity contribution is 6.16. The van der Waals surface area contributed by atoms with E-state index in [0.717, 1.165) is 12.1 Å². The van der Waals surface area contributed by atoms with Crippen molar-refractivity contribution in [1.82, 2.24) is 0 Å². The van der Waals surface area contributed by atoms with Crippen molar-refractivity contribution in [2.45, 2.75) is 43.2 Å². The largest absolute Gasteiger partial charge is 0.508 e. The smallest absolute Gasteiger partial charge is 0.340 e. The summed E-state index contributed by atoms with van der Waals surface area (Å²) >= 11 is 0. The fourth-order valence-electron chi connectivity index (χ4n) is 5.07. The normalized spacial score (nSPS) is 28.3. The van der Waals surface area contributed by atoms with Crippen LogP contribution in [0.15, 0.2) is 54.6 Å². The second-order valence-corrected chi connectivity index (χ2v) is 9.36. The number of aryl methyl sites for hydroxylation is 1. The molecule has 0 radical (unpaired) electrons. The summed E-state index contributed by atoms with van der Waals surface area (Å²) in [5, 5.41) is 75.8. The van der Waals surface area contributed by atoms with Crippen molar-refractivity contribution in [3.05, 3.63) is 88.0 Å². The molecule has 5 rings (SSSR count). The van der Waals surface area contributed by atoms with E-state index in [2.05, 4.69) is 0 Å². The number of aromatic hydroxyl groups is 3. The molecule has 0 saturated carbocycles. The average Bonchev–Trinajstić information content (AvgIpc) is 2.87. The third-order valence-corrected chi connectivity index (χ3v) is 6.85. The average molecular weight is 524 g/mol. The number of hydrogen-bond donors (Lipinski definition) is 7. The Morgan fingerprint density at radius 3 is 2.13 bits per heavy atom. The Kier molecular flexibility index (Phi) is 6.13. The number of aliphatic hydroxyl groups excluding tert-OH is 3. The molecule has 0 unspecified atom stereocenters. The number of phenolic OH excluding ortho intramolecular Hbond substituents is 3. The van der Waals surface area contributed by atoms with Crippen molar-refractivity contribution in [1.29, 1.82) is 0 Å². The minimum atomic E-state index is -2.61. The summed E-state index contributed by atoms with van der Waals surface area (Å²) in [5.74, 6) is -3.64. The Morgan fingerprint density at radius 1 is 0.868 bits per heavy atom. The highest BCUT2D eigenvalue weighted by Gasteiger charge is 2.59. The van der Waals surface area contributed by atoms with Crippen LogP contribution in [0.3, 0.4) is 0 Å². The fraction of sp³-hybridized carbons (Fsp3) is 0.259. The molecule has 3 aromatic rings. The number of ether oxygens (including phenoxy) is 2. The Balaban J connectivity index is 1.67. The van der Waals surface area contributed by atoms with Gasteiger partial charge >= 0.3 is 5.97 Å². The quantitative estimate of drug-likeness (QED) is 0.237. The molecule has 11 nitrogen and oxygen atoms in total. The number of carbonyl (C=O) groups excluding carboxylic acids is 2. The Labute approximate surface area is 215 Å². The second kappa shape index (κ2) is 9.08. The molecule has 0 amide bonds. The van der Waals surface area contributed by atoms with Crippen molar-refractivity contribution in [3.8, 4) is 17.2 Å². The van der Waals surface area contributed by atoms with Crippen molar-refractivity contribution >= 4 is 11.8 Å². The van der Waals surface area contributed by atoms with Gasteiger partial charge in [-0.1, -0.05) is 24.3 Å². The standard InChI is InChI=1S/C27H24O11/c1-11-7-14-18(16(29)8-11)20(31)19-15(9-13(28)10-17(19)30)27(14,36)24-22(33)21(32)23(34)26(37-24)38-25(35)12-5-3-2-4-6-12/h2-10,21-24,26,28-30,32-34,36H,1H3/t21-,22-,23-,24-,26+,27-/m0/s1. The van der Waals surface area contributed by atoms with Gasteiger partial charge in [0.2, 0.25) is 12.1 Å². The lowest BCUT2D eigenvalue weighted by Crippen LogP contribution is -2.65. The molecule has 0 aromatic heterocycles.